The Kier molecular flexibility index (Phi) is 6.80. The number of nitrogens with two attached hydrogens (primary N) is 1. The average molecular weight is 270 g/mol. The summed E-state index contributed by atoms with van der Waals surface area (Å²) in [5.74, 6) is 0.249. The van der Waals surface area contributed by atoms with Crippen molar-refractivity contribution in [3.05, 3.63) is 0 Å². The third-order valence-corrected chi connectivity index (χ3v) is 3.72. The number of hydrogen-bond acceptors (Lipinski definition) is 3. The molecule has 0 aromatic rings. The fraction of sp³-hybridized carbons (Fsp3) is 0.933. The molecule has 1 rings (SSSR count). The second kappa shape index (κ2) is 7.85. The number of ether oxygens (including phenoxy) is 1. The van der Waals surface area contributed by atoms with Crippen LogP contribution in [0.3, 0.4) is 0 Å². The minimum Gasteiger partial charge on any atom is -0.378 e. The maximum Gasteiger partial charge on any atom is 0.222 e. The first-order valence-electron chi connectivity index (χ1n) is 7.58. The van der Waals surface area contributed by atoms with Crippen LogP contribution in [0.15, 0.2) is 0 Å². The molecule has 0 bridgehead atoms. The van der Waals surface area contributed by atoms with Crippen LogP contribution in [0.5, 0.6) is 0 Å². The van der Waals surface area contributed by atoms with Crippen LogP contribution in [-0.4, -0.2) is 43.2 Å². The van der Waals surface area contributed by atoms with E-state index in [9.17, 15) is 4.79 Å². The van der Waals surface area contributed by atoms with Gasteiger partial charge in [0.1, 0.15) is 0 Å². The Morgan fingerprint density at radius 3 is 2.74 bits per heavy atom. The number of rotatable bonds is 8. The maximum atomic E-state index is 12.3. The molecule has 4 heteroatoms. The zero-order valence-corrected chi connectivity index (χ0v) is 12.8. The Bertz CT molecular complexity index is 273. The van der Waals surface area contributed by atoms with E-state index in [-0.39, 0.29) is 11.3 Å². The fourth-order valence-corrected chi connectivity index (χ4v) is 2.46. The molecule has 0 aromatic heterocycles. The third-order valence-electron chi connectivity index (χ3n) is 3.72. The topological polar surface area (TPSA) is 55.6 Å². The summed E-state index contributed by atoms with van der Waals surface area (Å²) in [6.07, 6.45) is 5.00. The SMILES string of the molecule is CCCN(CC(C)(C)CN)C(=O)CCC1CCCO1. The van der Waals surface area contributed by atoms with Gasteiger partial charge in [0.25, 0.3) is 0 Å². The highest BCUT2D eigenvalue weighted by Crippen LogP contribution is 2.19. The van der Waals surface area contributed by atoms with Gasteiger partial charge in [-0.3, -0.25) is 4.79 Å². The van der Waals surface area contributed by atoms with E-state index in [1.165, 1.54) is 0 Å². The van der Waals surface area contributed by atoms with E-state index in [1.54, 1.807) is 0 Å². The van der Waals surface area contributed by atoms with Gasteiger partial charge in [-0.1, -0.05) is 20.8 Å². The molecule has 19 heavy (non-hydrogen) atoms. The van der Waals surface area contributed by atoms with Crippen molar-refractivity contribution in [2.75, 3.05) is 26.2 Å². The number of carbonyl (C=O) groups excluding carboxylic acids is 1. The minimum absolute atomic E-state index is 0.00527. The lowest BCUT2D eigenvalue weighted by atomic mass is 9.92. The van der Waals surface area contributed by atoms with Crippen molar-refractivity contribution >= 4 is 5.91 Å². The summed E-state index contributed by atoms with van der Waals surface area (Å²) in [5.41, 5.74) is 5.76. The molecule has 1 fully saturated rings. The Balaban J connectivity index is 2.42. The smallest absolute Gasteiger partial charge is 0.222 e. The summed E-state index contributed by atoms with van der Waals surface area (Å²) in [7, 11) is 0. The van der Waals surface area contributed by atoms with Crippen LogP contribution in [0.4, 0.5) is 0 Å². The van der Waals surface area contributed by atoms with Crippen molar-refractivity contribution in [3.63, 3.8) is 0 Å². The van der Waals surface area contributed by atoms with Gasteiger partial charge in [-0.15, -0.1) is 0 Å². The van der Waals surface area contributed by atoms with Crippen molar-refractivity contribution < 1.29 is 9.53 Å². The molecule has 4 nitrogen and oxygen atoms in total. The van der Waals surface area contributed by atoms with Crippen LogP contribution < -0.4 is 5.73 Å². The van der Waals surface area contributed by atoms with Gasteiger partial charge in [-0.05, 0) is 37.6 Å². The van der Waals surface area contributed by atoms with Crippen LogP contribution in [-0.2, 0) is 9.53 Å². The van der Waals surface area contributed by atoms with Crippen molar-refractivity contribution in [1.29, 1.82) is 0 Å². The number of hydrogen-bond donors (Lipinski definition) is 1. The molecule has 1 unspecified atom stereocenters. The van der Waals surface area contributed by atoms with Crippen molar-refractivity contribution in [3.8, 4) is 0 Å². The van der Waals surface area contributed by atoms with Gasteiger partial charge in [0.05, 0.1) is 6.10 Å². The van der Waals surface area contributed by atoms with E-state index in [0.29, 0.717) is 19.1 Å². The second-order valence-corrected chi connectivity index (χ2v) is 6.36. The summed E-state index contributed by atoms with van der Waals surface area (Å²) in [6.45, 7) is 9.38. The number of nitrogens with zero attached hydrogens (tertiary/aromatic N) is 1. The van der Waals surface area contributed by atoms with E-state index in [0.717, 1.165) is 45.4 Å². The lowest BCUT2D eigenvalue weighted by Crippen LogP contribution is -2.42. The van der Waals surface area contributed by atoms with Gasteiger partial charge in [0.15, 0.2) is 0 Å². The molecule has 0 saturated carbocycles. The molecule has 0 radical (unpaired) electrons. The molecule has 0 aromatic carbocycles. The molecule has 2 N–H and O–H groups in total. The molecular formula is C15H30N2O2. The first-order chi connectivity index (χ1) is 8.98. The lowest BCUT2D eigenvalue weighted by molar-refractivity contribution is -0.133. The summed E-state index contributed by atoms with van der Waals surface area (Å²) in [5, 5.41) is 0. The molecular weight excluding hydrogens is 240 g/mol. The molecule has 112 valence electrons. The third kappa shape index (κ3) is 5.91. The first kappa shape index (κ1) is 16.4. The van der Waals surface area contributed by atoms with E-state index < -0.39 is 0 Å². The zero-order valence-electron chi connectivity index (χ0n) is 12.8. The summed E-state index contributed by atoms with van der Waals surface area (Å²) >= 11 is 0. The summed E-state index contributed by atoms with van der Waals surface area (Å²) in [4.78, 5) is 14.3. The average Bonchev–Trinajstić information content (AvgIpc) is 2.88. The predicted molar refractivity (Wildman–Crippen MR) is 77.9 cm³/mol. The standard InChI is InChI=1S/C15H30N2O2/c1-4-9-17(12-15(2,3)11-16)14(18)8-7-13-6-5-10-19-13/h13H,4-12,16H2,1-3H3. The maximum absolute atomic E-state index is 12.3. The molecule has 1 aliphatic heterocycles. The second-order valence-electron chi connectivity index (χ2n) is 6.36. The largest absolute Gasteiger partial charge is 0.378 e. The van der Waals surface area contributed by atoms with E-state index in [4.69, 9.17) is 10.5 Å². The van der Waals surface area contributed by atoms with Crippen molar-refractivity contribution in [2.45, 2.75) is 59.0 Å². The highest BCUT2D eigenvalue weighted by molar-refractivity contribution is 5.76. The molecule has 1 amide bonds. The van der Waals surface area contributed by atoms with Crippen LogP contribution >= 0.6 is 0 Å². The van der Waals surface area contributed by atoms with Gasteiger partial charge in [-0.2, -0.15) is 0 Å². The van der Waals surface area contributed by atoms with Gasteiger partial charge in [0, 0.05) is 26.1 Å². The Labute approximate surface area is 117 Å². The normalized spacial score (nSPS) is 19.7. The van der Waals surface area contributed by atoms with E-state index >= 15 is 0 Å². The number of amides is 1. The monoisotopic (exact) mass is 270 g/mol. The van der Waals surface area contributed by atoms with Crippen LogP contribution in [0.1, 0.15) is 52.9 Å². The first-order valence-corrected chi connectivity index (χ1v) is 7.58. The molecule has 1 heterocycles. The van der Waals surface area contributed by atoms with Crippen LogP contribution in [0.2, 0.25) is 0 Å². The van der Waals surface area contributed by atoms with Gasteiger partial charge in [0.2, 0.25) is 5.91 Å². The quantitative estimate of drug-likeness (QED) is 0.735. The molecule has 0 spiro atoms. The zero-order chi connectivity index (χ0) is 14.3. The van der Waals surface area contributed by atoms with Crippen molar-refractivity contribution in [2.24, 2.45) is 11.1 Å². The van der Waals surface area contributed by atoms with Gasteiger partial charge < -0.3 is 15.4 Å². The van der Waals surface area contributed by atoms with Gasteiger partial charge >= 0.3 is 0 Å². The Hall–Kier alpha value is -0.610. The van der Waals surface area contributed by atoms with Crippen molar-refractivity contribution in [1.82, 2.24) is 4.90 Å². The van der Waals surface area contributed by atoms with Crippen LogP contribution in [0, 0.1) is 5.41 Å². The number of carbonyl (C=O) groups is 1. The Morgan fingerprint density at radius 2 is 2.21 bits per heavy atom. The molecule has 1 saturated heterocycles. The predicted octanol–water partition coefficient (Wildman–Crippen LogP) is 2.17. The molecule has 1 aliphatic rings. The highest BCUT2D eigenvalue weighted by atomic mass is 16.5. The van der Waals surface area contributed by atoms with E-state index in [1.807, 2.05) is 4.90 Å². The summed E-state index contributed by atoms with van der Waals surface area (Å²) < 4.78 is 5.57. The summed E-state index contributed by atoms with van der Waals surface area (Å²) in [6, 6.07) is 0. The van der Waals surface area contributed by atoms with E-state index in [2.05, 4.69) is 20.8 Å². The molecule has 0 aliphatic carbocycles. The van der Waals surface area contributed by atoms with Gasteiger partial charge in [-0.25, -0.2) is 0 Å². The highest BCUT2D eigenvalue weighted by Gasteiger charge is 2.24. The molecule has 1 atom stereocenters. The minimum atomic E-state index is -0.00527. The lowest BCUT2D eigenvalue weighted by Gasteiger charge is -2.32. The fourth-order valence-electron chi connectivity index (χ4n) is 2.46. The van der Waals surface area contributed by atoms with Crippen LogP contribution in [0.25, 0.3) is 0 Å². The Morgan fingerprint density at radius 1 is 1.47 bits per heavy atom.